The number of nitrogens with two attached hydrogens (primary N) is 1. The van der Waals surface area contributed by atoms with Crippen LogP contribution in [0.1, 0.15) is 59.8 Å². The highest BCUT2D eigenvalue weighted by Crippen LogP contribution is 2.38. The molecule has 0 aromatic rings. The van der Waals surface area contributed by atoms with Crippen LogP contribution in [0.4, 0.5) is 0 Å². The van der Waals surface area contributed by atoms with Gasteiger partial charge >= 0.3 is 0 Å². The first-order valence-electron chi connectivity index (χ1n) is 7.36. The molecular formula is C15H30N2O. The van der Waals surface area contributed by atoms with Crippen LogP contribution in [0.2, 0.25) is 0 Å². The molecule has 1 fully saturated rings. The van der Waals surface area contributed by atoms with Gasteiger partial charge in [-0.2, -0.15) is 0 Å². The zero-order chi connectivity index (χ0) is 13.8. The lowest BCUT2D eigenvalue weighted by Gasteiger charge is -2.41. The van der Waals surface area contributed by atoms with E-state index in [1.807, 2.05) is 6.92 Å². The number of nitrogens with one attached hydrogen (secondary N) is 1. The zero-order valence-electron chi connectivity index (χ0n) is 12.5. The van der Waals surface area contributed by atoms with Crippen LogP contribution in [-0.4, -0.2) is 18.5 Å². The molecule has 0 aromatic carbocycles. The van der Waals surface area contributed by atoms with Gasteiger partial charge in [-0.05, 0) is 37.1 Å². The van der Waals surface area contributed by atoms with Crippen molar-refractivity contribution in [3.05, 3.63) is 0 Å². The molecule has 1 saturated carbocycles. The fourth-order valence-electron chi connectivity index (χ4n) is 3.05. The molecule has 3 heteroatoms. The lowest BCUT2D eigenvalue weighted by Crippen LogP contribution is -2.48. The number of hydrogen-bond acceptors (Lipinski definition) is 2. The Bertz CT molecular complexity index is 270. The first-order chi connectivity index (χ1) is 8.36. The first-order valence-corrected chi connectivity index (χ1v) is 7.36. The van der Waals surface area contributed by atoms with E-state index in [0.717, 1.165) is 12.8 Å². The molecule has 1 rings (SSSR count). The molecule has 3 N–H and O–H groups in total. The van der Waals surface area contributed by atoms with Crippen molar-refractivity contribution in [3.63, 3.8) is 0 Å². The Morgan fingerprint density at radius 2 is 1.94 bits per heavy atom. The number of amides is 1. The van der Waals surface area contributed by atoms with Crippen LogP contribution in [-0.2, 0) is 4.79 Å². The van der Waals surface area contributed by atoms with Gasteiger partial charge in [0.15, 0.2) is 0 Å². The Balaban J connectivity index is 2.60. The van der Waals surface area contributed by atoms with Gasteiger partial charge in [0.2, 0.25) is 5.91 Å². The molecule has 0 saturated heterocycles. The van der Waals surface area contributed by atoms with Crippen molar-refractivity contribution >= 4 is 5.91 Å². The van der Waals surface area contributed by atoms with E-state index in [2.05, 4.69) is 26.1 Å². The van der Waals surface area contributed by atoms with Gasteiger partial charge in [-0.15, -0.1) is 0 Å². The maximum absolute atomic E-state index is 12.1. The predicted octanol–water partition coefficient (Wildman–Crippen LogP) is 2.69. The molecule has 3 nitrogen and oxygen atoms in total. The van der Waals surface area contributed by atoms with Crippen molar-refractivity contribution in [2.24, 2.45) is 23.0 Å². The van der Waals surface area contributed by atoms with Crippen molar-refractivity contribution in [2.75, 3.05) is 6.54 Å². The summed E-state index contributed by atoms with van der Waals surface area (Å²) in [5, 5.41) is 3.27. The minimum absolute atomic E-state index is 0.0394. The summed E-state index contributed by atoms with van der Waals surface area (Å²) in [6.07, 6.45) is 5.68. The molecule has 0 aliphatic heterocycles. The van der Waals surface area contributed by atoms with Crippen LogP contribution >= 0.6 is 0 Å². The molecule has 1 amide bonds. The highest BCUT2D eigenvalue weighted by Gasteiger charge is 2.35. The van der Waals surface area contributed by atoms with Crippen molar-refractivity contribution in [1.82, 2.24) is 5.32 Å². The highest BCUT2D eigenvalue weighted by atomic mass is 16.1. The van der Waals surface area contributed by atoms with Crippen molar-refractivity contribution < 1.29 is 4.79 Å². The second-order valence-electron chi connectivity index (χ2n) is 6.85. The SMILES string of the molecule is CC(CCN)C(=O)NC1CCCCC1C(C)(C)C. The third-order valence-electron chi connectivity index (χ3n) is 4.25. The summed E-state index contributed by atoms with van der Waals surface area (Å²) in [7, 11) is 0. The summed E-state index contributed by atoms with van der Waals surface area (Å²) in [5.74, 6) is 0.819. The maximum atomic E-state index is 12.1. The number of hydrogen-bond donors (Lipinski definition) is 2. The van der Waals surface area contributed by atoms with E-state index < -0.39 is 0 Å². The Morgan fingerprint density at radius 3 is 2.50 bits per heavy atom. The number of rotatable bonds is 4. The van der Waals surface area contributed by atoms with E-state index in [9.17, 15) is 4.79 Å². The van der Waals surface area contributed by atoms with Crippen LogP contribution in [0.3, 0.4) is 0 Å². The standard InChI is InChI=1S/C15H30N2O/c1-11(9-10-16)14(18)17-13-8-6-5-7-12(13)15(2,3)4/h11-13H,5-10,16H2,1-4H3,(H,17,18). The van der Waals surface area contributed by atoms with Crippen LogP contribution in [0.15, 0.2) is 0 Å². The highest BCUT2D eigenvalue weighted by molar-refractivity contribution is 5.78. The first kappa shape index (κ1) is 15.5. The summed E-state index contributed by atoms with van der Waals surface area (Å²) < 4.78 is 0. The summed E-state index contributed by atoms with van der Waals surface area (Å²) in [4.78, 5) is 12.1. The average Bonchev–Trinajstić information content (AvgIpc) is 2.28. The molecule has 0 spiro atoms. The lowest BCUT2D eigenvalue weighted by atomic mass is 9.69. The van der Waals surface area contributed by atoms with Gasteiger partial charge in [0.25, 0.3) is 0 Å². The molecule has 3 unspecified atom stereocenters. The smallest absolute Gasteiger partial charge is 0.223 e. The molecule has 1 aliphatic rings. The van der Waals surface area contributed by atoms with Crippen LogP contribution in [0.25, 0.3) is 0 Å². The van der Waals surface area contributed by atoms with E-state index >= 15 is 0 Å². The molecule has 18 heavy (non-hydrogen) atoms. The van der Waals surface area contributed by atoms with Crippen molar-refractivity contribution in [2.45, 2.75) is 65.8 Å². The largest absolute Gasteiger partial charge is 0.353 e. The lowest BCUT2D eigenvalue weighted by molar-refractivity contribution is -0.126. The molecule has 0 aromatic heterocycles. The summed E-state index contributed by atoms with van der Waals surface area (Å²) in [5.41, 5.74) is 5.79. The van der Waals surface area contributed by atoms with Crippen molar-refractivity contribution in [1.29, 1.82) is 0 Å². The predicted molar refractivity (Wildman–Crippen MR) is 76.2 cm³/mol. The Hall–Kier alpha value is -0.570. The van der Waals surface area contributed by atoms with Crippen LogP contribution in [0.5, 0.6) is 0 Å². The summed E-state index contributed by atoms with van der Waals surface area (Å²) in [6, 6.07) is 0.353. The average molecular weight is 254 g/mol. The van der Waals surface area contributed by atoms with E-state index in [4.69, 9.17) is 5.73 Å². The molecule has 106 valence electrons. The van der Waals surface area contributed by atoms with Crippen LogP contribution in [0, 0.1) is 17.3 Å². The van der Waals surface area contributed by atoms with Gasteiger partial charge in [-0.3, -0.25) is 4.79 Å². The number of carbonyl (C=O) groups is 1. The monoisotopic (exact) mass is 254 g/mol. The van der Waals surface area contributed by atoms with Gasteiger partial charge in [-0.1, -0.05) is 40.5 Å². The Morgan fingerprint density at radius 1 is 1.33 bits per heavy atom. The molecule has 3 atom stereocenters. The molecule has 0 bridgehead atoms. The van der Waals surface area contributed by atoms with E-state index in [0.29, 0.717) is 18.5 Å². The second kappa shape index (κ2) is 6.55. The summed E-state index contributed by atoms with van der Waals surface area (Å²) >= 11 is 0. The van der Waals surface area contributed by atoms with Crippen molar-refractivity contribution in [3.8, 4) is 0 Å². The van der Waals surface area contributed by atoms with E-state index in [-0.39, 0.29) is 17.2 Å². The normalized spacial score (nSPS) is 26.7. The minimum Gasteiger partial charge on any atom is -0.353 e. The van der Waals surface area contributed by atoms with Gasteiger partial charge in [-0.25, -0.2) is 0 Å². The zero-order valence-corrected chi connectivity index (χ0v) is 12.5. The fourth-order valence-corrected chi connectivity index (χ4v) is 3.05. The van der Waals surface area contributed by atoms with E-state index in [1.54, 1.807) is 0 Å². The third-order valence-corrected chi connectivity index (χ3v) is 4.25. The third kappa shape index (κ3) is 4.27. The van der Waals surface area contributed by atoms with Gasteiger partial charge in [0, 0.05) is 12.0 Å². The Kier molecular flexibility index (Phi) is 5.64. The second-order valence-corrected chi connectivity index (χ2v) is 6.85. The topological polar surface area (TPSA) is 55.1 Å². The maximum Gasteiger partial charge on any atom is 0.223 e. The van der Waals surface area contributed by atoms with E-state index in [1.165, 1.54) is 19.3 Å². The molecule has 0 heterocycles. The molecular weight excluding hydrogens is 224 g/mol. The quantitative estimate of drug-likeness (QED) is 0.810. The van der Waals surface area contributed by atoms with Gasteiger partial charge in [0.05, 0.1) is 0 Å². The summed E-state index contributed by atoms with van der Waals surface area (Å²) in [6.45, 7) is 9.40. The van der Waals surface area contributed by atoms with Crippen LogP contribution < -0.4 is 11.1 Å². The number of carbonyl (C=O) groups excluding carboxylic acids is 1. The molecule has 0 radical (unpaired) electrons. The van der Waals surface area contributed by atoms with Gasteiger partial charge < -0.3 is 11.1 Å². The Labute approximate surface area is 112 Å². The van der Waals surface area contributed by atoms with Gasteiger partial charge in [0.1, 0.15) is 0 Å². The molecule has 1 aliphatic carbocycles. The fraction of sp³-hybridized carbons (Fsp3) is 0.933. The minimum atomic E-state index is 0.0394.